The molecule has 25 heavy (non-hydrogen) atoms. The summed E-state index contributed by atoms with van der Waals surface area (Å²) < 4.78 is 5.55. The maximum atomic E-state index is 12.9. The molecule has 1 amide bonds. The van der Waals surface area contributed by atoms with Crippen LogP contribution in [-0.4, -0.2) is 41.6 Å². The average molecular weight is 338 g/mol. The van der Waals surface area contributed by atoms with E-state index in [1.165, 1.54) is 0 Å². The molecule has 2 heterocycles. The molecule has 1 aliphatic rings. The van der Waals surface area contributed by atoms with Gasteiger partial charge >= 0.3 is 0 Å². The van der Waals surface area contributed by atoms with Crippen LogP contribution in [0.3, 0.4) is 0 Å². The van der Waals surface area contributed by atoms with Gasteiger partial charge in [0, 0.05) is 29.1 Å². The molecule has 0 N–H and O–H groups in total. The zero-order valence-electron chi connectivity index (χ0n) is 15.3. The minimum Gasteiger partial charge on any atom is -0.377 e. The number of nitrogens with zero attached hydrogens (tertiary/aromatic N) is 2. The number of hydrogen-bond donors (Lipinski definition) is 0. The number of ether oxygens (including phenoxy) is 1. The van der Waals surface area contributed by atoms with Gasteiger partial charge in [0.2, 0.25) is 0 Å². The topological polar surface area (TPSA) is 42.4 Å². The van der Waals surface area contributed by atoms with Crippen molar-refractivity contribution in [1.29, 1.82) is 0 Å². The van der Waals surface area contributed by atoms with E-state index in [9.17, 15) is 4.79 Å². The van der Waals surface area contributed by atoms with Crippen molar-refractivity contribution in [2.24, 2.45) is 0 Å². The second-order valence-electron chi connectivity index (χ2n) is 6.68. The number of aryl methyl sites for hydroxylation is 2. The van der Waals surface area contributed by atoms with Crippen LogP contribution < -0.4 is 0 Å². The van der Waals surface area contributed by atoms with Gasteiger partial charge in [-0.25, -0.2) is 0 Å². The molecule has 0 bridgehead atoms. The van der Waals surface area contributed by atoms with Gasteiger partial charge in [0.25, 0.3) is 5.91 Å². The first kappa shape index (κ1) is 17.6. The van der Waals surface area contributed by atoms with Crippen LogP contribution in [0.15, 0.2) is 36.4 Å². The van der Waals surface area contributed by atoms with Crippen LogP contribution in [0.25, 0.3) is 11.1 Å². The molecule has 0 saturated carbocycles. The number of rotatable bonds is 4. The van der Waals surface area contributed by atoms with Gasteiger partial charge in [-0.2, -0.15) is 0 Å². The Bertz CT molecular complexity index is 738. The number of hydrogen-bond acceptors (Lipinski definition) is 3. The van der Waals surface area contributed by atoms with E-state index in [0.29, 0.717) is 19.8 Å². The fourth-order valence-corrected chi connectivity index (χ4v) is 3.44. The SMILES string of the molecule is CCC[C@H]1COCCN1C(=O)c1ccc(-c2ccc(C)nc2C)cc1. The highest BCUT2D eigenvalue weighted by molar-refractivity contribution is 5.95. The maximum Gasteiger partial charge on any atom is 0.254 e. The Morgan fingerprint density at radius 1 is 1.20 bits per heavy atom. The van der Waals surface area contributed by atoms with E-state index < -0.39 is 0 Å². The van der Waals surface area contributed by atoms with Gasteiger partial charge in [-0.15, -0.1) is 0 Å². The first-order valence-electron chi connectivity index (χ1n) is 9.03. The second kappa shape index (κ2) is 7.79. The predicted octanol–water partition coefficient (Wildman–Crippen LogP) is 4.01. The molecular weight excluding hydrogens is 312 g/mol. The van der Waals surface area contributed by atoms with Crippen molar-refractivity contribution < 1.29 is 9.53 Å². The van der Waals surface area contributed by atoms with Crippen molar-refractivity contribution in [2.75, 3.05) is 19.8 Å². The highest BCUT2D eigenvalue weighted by Crippen LogP contribution is 2.24. The Balaban J connectivity index is 1.80. The summed E-state index contributed by atoms with van der Waals surface area (Å²) in [7, 11) is 0. The van der Waals surface area contributed by atoms with E-state index in [1.54, 1.807) is 0 Å². The van der Waals surface area contributed by atoms with Crippen LogP contribution in [0, 0.1) is 13.8 Å². The molecule has 132 valence electrons. The van der Waals surface area contributed by atoms with Crippen molar-refractivity contribution in [2.45, 2.75) is 39.7 Å². The third kappa shape index (κ3) is 3.90. The lowest BCUT2D eigenvalue weighted by molar-refractivity contribution is -0.00433. The summed E-state index contributed by atoms with van der Waals surface area (Å²) >= 11 is 0. The fourth-order valence-electron chi connectivity index (χ4n) is 3.44. The normalized spacial score (nSPS) is 17.6. The van der Waals surface area contributed by atoms with E-state index in [4.69, 9.17) is 4.74 Å². The number of carbonyl (C=O) groups excluding carboxylic acids is 1. The highest BCUT2D eigenvalue weighted by Gasteiger charge is 2.27. The van der Waals surface area contributed by atoms with Crippen LogP contribution >= 0.6 is 0 Å². The van der Waals surface area contributed by atoms with Crippen molar-refractivity contribution >= 4 is 5.91 Å². The molecule has 4 nitrogen and oxygen atoms in total. The maximum absolute atomic E-state index is 12.9. The molecular formula is C21H26N2O2. The lowest BCUT2D eigenvalue weighted by atomic mass is 10.0. The molecule has 4 heteroatoms. The summed E-state index contributed by atoms with van der Waals surface area (Å²) in [5, 5.41) is 0. The highest BCUT2D eigenvalue weighted by atomic mass is 16.5. The van der Waals surface area contributed by atoms with E-state index in [0.717, 1.165) is 40.9 Å². The monoisotopic (exact) mass is 338 g/mol. The molecule has 0 spiro atoms. The van der Waals surface area contributed by atoms with Gasteiger partial charge in [0.05, 0.1) is 19.3 Å². The zero-order chi connectivity index (χ0) is 17.8. The van der Waals surface area contributed by atoms with E-state index >= 15 is 0 Å². The molecule has 1 fully saturated rings. The molecule has 0 radical (unpaired) electrons. The van der Waals surface area contributed by atoms with Crippen molar-refractivity contribution in [1.82, 2.24) is 9.88 Å². The Hall–Kier alpha value is -2.20. The van der Waals surface area contributed by atoms with Crippen molar-refractivity contribution in [3.05, 3.63) is 53.3 Å². The molecule has 1 aromatic carbocycles. The van der Waals surface area contributed by atoms with Crippen LogP contribution in [0.2, 0.25) is 0 Å². The van der Waals surface area contributed by atoms with Crippen LogP contribution in [-0.2, 0) is 4.74 Å². The van der Waals surface area contributed by atoms with Gasteiger partial charge in [-0.3, -0.25) is 9.78 Å². The number of carbonyl (C=O) groups is 1. The predicted molar refractivity (Wildman–Crippen MR) is 99.7 cm³/mol. The molecule has 1 aliphatic heterocycles. The van der Waals surface area contributed by atoms with Crippen molar-refractivity contribution in [3.63, 3.8) is 0 Å². The second-order valence-corrected chi connectivity index (χ2v) is 6.68. The number of pyridine rings is 1. The Kier molecular flexibility index (Phi) is 5.49. The molecule has 1 atom stereocenters. The van der Waals surface area contributed by atoms with Crippen molar-refractivity contribution in [3.8, 4) is 11.1 Å². The summed E-state index contributed by atoms with van der Waals surface area (Å²) in [6.07, 6.45) is 2.04. The number of aromatic nitrogens is 1. The zero-order valence-corrected chi connectivity index (χ0v) is 15.3. The van der Waals surface area contributed by atoms with Crippen LogP contribution in [0.5, 0.6) is 0 Å². The summed E-state index contributed by atoms with van der Waals surface area (Å²) in [6, 6.07) is 12.2. The first-order valence-corrected chi connectivity index (χ1v) is 9.03. The number of amides is 1. The minimum absolute atomic E-state index is 0.104. The van der Waals surface area contributed by atoms with E-state index in [-0.39, 0.29) is 11.9 Å². The quantitative estimate of drug-likeness (QED) is 0.846. The minimum atomic E-state index is 0.104. The van der Waals surface area contributed by atoms with Gasteiger partial charge in [-0.1, -0.05) is 31.5 Å². The summed E-state index contributed by atoms with van der Waals surface area (Å²) in [6.45, 7) is 8.10. The Morgan fingerprint density at radius 2 is 1.96 bits per heavy atom. The van der Waals surface area contributed by atoms with Gasteiger partial charge in [0.1, 0.15) is 0 Å². The first-order chi connectivity index (χ1) is 12.1. The van der Waals surface area contributed by atoms with E-state index in [2.05, 4.69) is 18.0 Å². The standard InChI is InChI=1S/C21H26N2O2/c1-4-5-19-14-25-13-12-23(19)21(24)18-9-7-17(8-10-18)20-11-6-15(2)22-16(20)3/h6-11,19H,4-5,12-14H2,1-3H3/t19-/m0/s1. The van der Waals surface area contributed by atoms with Gasteiger partial charge in [-0.05, 0) is 44.0 Å². The smallest absolute Gasteiger partial charge is 0.254 e. The Morgan fingerprint density at radius 3 is 2.64 bits per heavy atom. The lowest BCUT2D eigenvalue weighted by Crippen LogP contribution is -2.48. The largest absolute Gasteiger partial charge is 0.377 e. The van der Waals surface area contributed by atoms with E-state index in [1.807, 2.05) is 49.1 Å². The van der Waals surface area contributed by atoms with Crippen LogP contribution in [0.4, 0.5) is 0 Å². The third-order valence-corrected chi connectivity index (χ3v) is 4.78. The summed E-state index contributed by atoms with van der Waals surface area (Å²) in [5.41, 5.74) is 4.97. The van der Waals surface area contributed by atoms with Crippen LogP contribution in [0.1, 0.15) is 41.5 Å². The molecule has 1 saturated heterocycles. The number of morpholine rings is 1. The molecule has 2 aromatic rings. The van der Waals surface area contributed by atoms with Gasteiger partial charge < -0.3 is 9.64 Å². The molecule has 3 rings (SSSR count). The molecule has 1 aromatic heterocycles. The third-order valence-electron chi connectivity index (χ3n) is 4.78. The van der Waals surface area contributed by atoms with Gasteiger partial charge in [0.15, 0.2) is 0 Å². The molecule has 0 aliphatic carbocycles. The summed E-state index contributed by atoms with van der Waals surface area (Å²) in [5.74, 6) is 0.104. The number of benzene rings is 1. The molecule has 0 unspecified atom stereocenters. The fraction of sp³-hybridized carbons (Fsp3) is 0.429. The average Bonchev–Trinajstić information content (AvgIpc) is 2.62. The summed E-state index contributed by atoms with van der Waals surface area (Å²) in [4.78, 5) is 19.4. The Labute approximate surface area is 149 Å². The lowest BCUT2D eigenvalue weighted by Gasteiger charge is -2.35.